The largest absolute Gasteiger partial charge is 0.497 e. The summed E-state index contributed by atoms with van der Waals surface area (Å²) >= 11 is 0. The van der Waals surface area contributed by atoms with Crippen molar-refractivity contribution in [3.8, 4) is 5.75 Å². The van der Waals surface area contributed by atoms with E-state index in [9.17, 15) is 4.79 Å². The van der Waals surface area contributed by atoms with E-state index in [0.717, 1.165) is 35.9 Å². The van der Waals surface area contributed by atoms with E-state index in [1.807, 2.05) is 74.4 Å². The topological polar surface area (TPSA) is 78.0 Å². The Balaban J connectivity index is 1.97. The molecule has 0 bridgehead atoms. The molecule has 30 heavy (non-hydrogen) atoms. The number of rotatable bonds is 10. The molecular weight excluding hydrogens is 378 g/mol. The van der Waals surface area contributed by atoms with Gasteiger partial charge in [-0.3, -0.25) is 4.79 Å². The lowest BCUT2D eigenvalue weighted by molar-refractivity contribution is 0.0951. The van der Waals surface area contributed by atoms with Gasteiger partial charge >= 0.3 is 0 Å². The van der Waals surface area contributed by atoms with Gasteiger partial charge in [0, 0.05) is 31.7 Å². The molecule has 0 aliphatic heterocycles. The minimum Gasteiger partial charge on any atom is -0.497 e. The van der Waals surface area contributed by atoms with Gasteiger partial charge in [0.1, 0.15) is 5.75 Å². The lowest BCUT2D eigenvalue weighted by Crippen LogP contribution is -2.36. The number of guanidine groups is 1. The molecule has 0 unspecified atom stereocenters. The maximum atomic E-state index is 12.3. The van der Waals surface area contributed by atoms with Crippen LogP contribution in [0.3, 0.4) is 0 Å². The van der Waals surface area contributed by atoms with Crippen LogP contribution < -0.4 is 20.7 Å². The number of likely N-dealkylation sites (N-methyl/N-ethyl adjacent to an activating group) is 1. The third kappa shape index (κ3) is 8.13. The van der Waals surface area contributed by atoms with Gasteiger partial charge in [0.2, 0.25) is 0 Å². The number of aliphatic imine (C=N–C) groups is 1. The van der Waals surface area contributed by atoms with Crippen molar-refractivity contribution in [1.82, 2.24) is 20.9 Å². The average Bonchev–Trinajstić information content (AvgIpc) is 2.75. The van der Waals surface area contributed by atoms with Crippen LogP contribution in [-0.2, 0) is 13.1 Å². The van der Waals surface area contributed by atoms with Crippen LogP contribution in [0.1, 0.15) is 28.4 Å². The predicted molar refractivity (Wildman–Crippen MR) is 122 cm³/mol. The Bertz CT molecular complexity index is 836. The quantitative estimate of drug-likeness (QED) is 0.413. The number of benzene rings is 2. The Kier molecular flexibility index (Phi) is 9.67. The molecule has 0 fully saturated rings. The second kappa shape index (κ2) is 12.5. The predicted octanol–water partition coefficient (Wildman–Crippen LogP) is 2.24. The molecule has 0 radical (unpaired) electrons. The third-order valence-electron chi connectivity index (χ3n) is 4.39. The lowest BCUT2D eigenvalue weighted by Gasteiger charge is -2.12. The van der Waals surface area contributed by atoms with Crippen molar-refractivity contribution >= 4 is 11.9 Å². The first-order valence-electron chi connectivity index (χ1n) is 10.2. The minimum atomic E-state index is -0.0641. The Morgan fingerprint density at radius 3 is 2.53 bits per heavy atom. The Hall–Kier alpha value is -3.06. The van der Waals surface area contributed by atoms with Crippen molar-refractivity contribution < 1.29 is 9.53 Å². The molecule has 0 aliphatic carbocycles. The zero-order valence-corrected chi connectivity index (χ0v) is 18.4. The van der Waals surface area contributed by atoms with Crippen LogP contribution in [0.4, 0.5) is 0 Å². The molecule has 0 atom stereocenters. The zero-order valence-electron chi connectivity index (χ0n) is 18.4. The highest BCUT2D eigenvalue weighted by Crippen LogP contribution is 2.12. The van der Waals surface area contributed by atoms with Crippen LogP contribution in [0.2, 0.25) is 0 Å². The normalized spacial score (nSPS) is 11.3. The Morgan fingerprint density at radius 2 is 1.80 bits per heavy atom. The number of hydrogen-bond acceptors (Lipinski definition) is 4. The number of carbonyl (C=O) groups excluding carboxylic acids is 1. The fraction of sp³-hybridized carbons (Fsp3) is 0.391. The highest BCUT2D eigenvalue weighted by Gasteiger charge is 2.06. The van der Waals surface area contributed by atoms with E-state index in [1.54, 1.807) is 7.11 Å². The number of hydrogen-bond donors (Lipinski definition) is 3. The van der Waals surface area contributed by atoms with Gasteiger partial charge < -0.3 is 25.6 Å². The van der Waals surface area contributed by atoms with E-state index in [2.05, 4.69) is 20.9 Å². The number of nitrogens with one attached hydrogen (secondary N) is 3. The van der Waals surface area contributed by atoms with E-state index in [1.165, 1.54) is 0 Å². The van der Waals surface area contributed by atoms with Gasteiger partial charge in [-0.15, -0.1) is 0 Å². The van der Waals surface area contributed by atoms with E-state index >= 15 is 0 Å². The molecule has 0 heterocycles. The highest BCUT2D eigenvalue weighted by atomic mass is 16.5. The summed E-state index contributed by atoms with van der Waals surface area (Å²) in [5.74, 6) is 1.49. The molecule has 0 saturated heterocycles. The maximum Gasteiger partial charge on any atom is 0.251 e. The number of methoxy groups -OCH3 is 1. The summed E-state index contributed by atoms with van der Waals surface area (Å²) in [6, 6.07) is 15.5. The third-order valence-corrected chi connectivity index (χ3v) is 4.39. The molecular formula is C23H33N5O2. The number of amides is 1. The van der Waals surface area contributed by atoms with Gasteiger partial charge in [-0.05, 0) is 56.4 Å². The van der Waals surface area contributed by atoms with Crippen molar-refractivity contribution in [2.24, 2.45) is 4.99 Å². The second-order valence-corrected chi connectivity index (χ2v) is 7.16. The smallest absolute Gasteiger partial charge is 0.251 e. The molecule has 162 valence electrons. The molecule has 0 aliphatic rings. The SMILES string of the molecule is CCNC(=NCc1cccc(C(=O)NCCN(C)C)c1)NCc1cccc(OC)c1. The van der Waals surface area contributed by atoms with Gasteiger partial charge in [-0.1, -0.05) is 24.3 Å². The van der Waals surface area contributed by atoms with E-state index < -0.39 is 0 Å². The molecule has 7 heteroatoms. The van der Waals surface area contributed by atoms with Crippen LogP contribution in [0.5, 0.6) is 5.75 Å². The first-order chi connectivity index (χ1) is 14.5. The molecule has 1 amide bonds. The van der Waals surface area contributed by atoms with Crippen LogP contribution in [-0.4, -0.2) is 57.6 Å². The number of carbonyl (C=O) groups is 1. The summed E-state index contributed by atoms with van der Waals surface area (Å²) < 4.78 is 5.27. The highest BCUT2D eigenvalue weighted by molar-refractivity contribution is 5.94. The minimum absolute atomic E-state index is 0.0641. The van der Waals surface area contributed by atoms with Gasteiger partial charge in [0.25, 0.3) is 5.91 Å². The van der Waals surface area contributed by atoms with Crippen LogP contribution in [0, 0.1) is 0 Å². The van der Waals surface area contributed by atoms with Crippen molar-refractivity contribution in [3.05, 3.63) is 65.2 Å². The van der Waals surface area contributed by atoms with Crippen molar-refractivity contribution in [2.45, 2.75) is 20.0 Å². The van der Waals surface area contributed by atoms with Crippen LogP contribution in [0.15, 0.2) is 53.5 Å². The van der Waals surface area contributed by atoms with Crippen molar-refractivity contribution in [1.29, 1.82) is 0 Å². The summed E-state index contributed by atoms with van der Waals surface area (Å²) in [5, 5.41) is 9.52. The van der Waals surface area contributed by atoms with Crippen LogP contribution in [0.25, 0.3) is 0 Å². The van der Waals surface area contributed by atoms with Crippen LogP contribution >= 0.6 is 0 Å². The van der Waals surface area contributed by atoms with Gasteiger partial charge in [-0.2, -0.15) is 0 Å². The summed E-state index contributed by atoms with van der Waals surface area (Å²) in [6.45, 7) is 5.33. The second-order valence-electron chi connectivity index (χ2n) is 7.16. The van der Waals surface area contributed by atoms with Crippen molar-refractivity contribution in [2.75, 3.05) is 40.8 Å². The van der Waals surface area contributed by atoms with E-state index in [0.29, 0.717) is 25.2 Å². The molecule has 2 aromatic carbocycles. The summed E-state index contributed by atoms with van der Waals surface area (Å²) in [4.78, 5) is 19.0. The molecule has 0 saturated carbocycles. The lowest BCUT2D eigenvalue weighted by atomic mass is 10.1. The fourth-order valence-corrected chi connectivity index (χ4v) is 2.79. The molecule has 2 aromatic rings. The summed E-state index contributed by atoms with van der Waals surface area (Å²) in [7, 11) is 5.62. The Labute approximate surface area is 179 Å². The molecule has 2 rings (SSSR count). The molecule has 3 N–H and O–H groups in total. The fourth-order valence-electron chi connectivity index (χ4n) is 2.79. The molecule has 0 aromatic heterocycles. The zero-order chi connectivity index (χ0) is 21.8. The number of ether oxygens (including phenoxy) is 1. The van der Waals surface area contributed by atoms with E-state index in [-0.39, 0.29) is 5.91 Å². The summed E-state index contributed by atoms with van der Waals surface area (Å²) in [6.07, 6.45) is 0. The first-order valence-corrected chi connectivity index (χ1v) is 10.2. The average molecular weight is 412 g/mol. The van der Waals surface area contributed by atoms with Gasteiger partial charge in [0.15, 0.2) is 5.96 Å². The first kappa shape index (κ1) is 23.2. The maximum absolute atomic E-state index is 12.3. The van der Waals surface area contributed by atoms with Gasteiger partial charge in [0.05, 0.1) is 13.7 Å². The Morgan fingerprint density at radius 1 is 1.03 bits per heavy atom. The van der Waals surface area contributed by atoms with Crippen molar-refractivity contribution in [3.63, 3.8) is 0 Å². The molecule has 7 nitrogen and oxygen atoms in total. The number of nitrogens with zero attached hydrogens (tertiary/aromatic N) is 2. The monoisotopic (exact) mass is 411 g/mol. The summed E-state index contributed by atoms with van der Waals surface area (Å²) in [5.41, 5.74) is 2.74. The standard InChI is InChI=1S/C23H33N5O2/c1-5-24-23(27-17-19-9-7-11-21(15-19)30-4)26-16-18-8-6-10-20(14-18)22(29)25-12-13-28(2)3/h6-11,14-15H,5,12-13,16-17H2,1-4H3,(H,25,29)(H2,24,26,27). The molecule has 0 spiro atoms. The van der Waals surface area contributed by atoms with Gasteiger partial charge in [-0.25, -0.2) is 4.99 Å². The van der Waals surface area contributed by atoms with E-state index in [4.69, 9.17) is 4.74 Å².